The molecule has 78 heavy (non-hydrogen) atoms. The molecule has 0 saturated carbocycles. The summed E-state index contributed by atoms with van der Waals surface area (Å²) in [6.07, 6.45) is 8.82. The molecule has 0 aliphatic heterocycles. The molecule has 14 heteroatoms. The molecule has 13 nitrogen and oxygen atoms in total. The van der Waals surface area contributed by atoms with Gasteiger partial charge >= 0.3 is 0 Å². The van der Waals surface area contributed by atoms with Gasteiger partial charge in [0.15, 0.2) is 0 Å². The van der Waals surface area contributed by atoms with Crippen molar-refractivity contribution in [2.24, 2.45) is 0 Å². The van der Waals surface area contributed by atoms with Crippen molar-refractivity contribution in [2.75, 3.05) is 28.4 Å². The number of benzene rings is 8. The molecule has 0 spiro atoms. The largest absolute Gasteiger partial charge is 0.523 e. The van der Waals surface area contributed by atoms with Gasteiger partial charge in [-0.3, -0.25) is 24.4 Å². The molecule has 4 heterocycles. The zero-order chi connectivity index (χ0) is 52.8. The first-order valence-electron chi connectivity index (χ1n) is 24.5. The molecule has 0 bridgehead atoms. The Morgan fingerprint density at radius 3 is 1.23 bits per heavy atom. The molecule has 0 aliphatic rings. The summed E-state index contributed by atoms with van der Waals surface area (Å²) >= 11 is 0. The first-order chi connectivity index (χ1) is 38.0. The molecule has 1 radical (unpaired) electrons. The Hall–Kier alpha value is -9.75. The molecule has 0 aliphatic carbocycles. The minimum atomic E-state index is 0. The number of hydrogen-bond donors (Lipinski definition) is 0. The van der Waals surface area contributed by atoms with E-state index in [1.54, 1.807) is 40.7 Å². The zero-order valence-electron chi connectivity index (χ0n) is 42.9. The standard InChI is InChI=1S/2C29H23N2O2.C6H4N5.Ir/c2*1-32-26-17-9-15-24(19-26)30-21-31(25-16-10-18-27(20-25)33-2)29(23-13-7-4-8-14-23)28(30)22-11-5-3-6-12-22;1-2-4-7-5(3-1)6-8-10-11-9-6;/h2*3-15,17-20H,1-2H3;1-4H;/q3*-1;. The van der Waals surface area contributed by atoms with Gasteiger partial charge in [-0.05, 0) is 82.2 Å². The molecule has 0 fully saturated rings. The number of hydrogen-bond acceptors (Lipinski definition) is 8. The van der Waals surface area contributed by atoms with E-state index in [4.69, 9.17) is 18.9 Å². The third-order valence-corrected chi connectivity index (χ3v) is 12.2. The molecule has 0 unspecified atom stereocenters. The molecular formula is C64H50IrN9O4-3. The van der Waals surface area contributed by atoms with Crippen molar-refractivity contribution in [2.45, 2.75) is 0 Å². The maximum atomic E-state index is 5.50. The molecular weight excluding hydrogens is 1150 g/mol. The Bertz CT molecular complexity index is 3380. The molecule has 4 aromatic heterocycles. The van der Waals surface area contributed by atoms with Crippen molar-refractivity contribution in [3.63, 3.8) is 0 Å². The van der Waals surface area contributed by atoms with Crippen LogP contribution in [0.25, 0.3) is 79.3 Å². The van der Waals surface area contributed by atoms with Crippen molar-refractivity contribution >= 4 is 0 Å². The van der Waals surface area contributed by atoms with Gasteiger partial charge in [0.2, 0.25) is 0 Å². The molecule has 0 atom stereocenters. The second-order valence-electron chi connectivity index (χ2n) is 16.9. The van der Waals surface area contributed by atoms with Gasteiger partial charge in [-0.2, -0.15) is 29.5 Å². The molecule has 0 N–H and O–H groups in total. The molecule has 387 valence electrons. The second kappa shape index (κ2) is 25.7. The summed E-state index contributed by atoms with van der Waals surface area (Å²) in [7, 11) is 6.69. The van der Waals surface area contributed by atoms with E-state index in [2.05, 4.69) is 144 Å². The number of nitrogens with zero attached hydrogens (tertiary/aromatic N) is 9. The third-order valence-electron chi connectivity index (χ3n) is 12.2. The fourth-order valence-corrected chi connectivity index (χ4v) is 8.61. The molecule has 12 rings (SSSR count). The van der Waals surface area contributed by atoms with E-state index in [1.165, 1.54) is 0 Å². The van der Waals surface area contributed by atoms with Gasteiger partial charge in [-0.1, -0.05) is 140 Å². The van der Waals surface area contributed by atoms with Gasteiger partial charge in [-0.25, -0.2) is 0 Å². The molecule has 0 amide bonds. The maximum Gasteiger partial charge on any atom is 0.268 e. The summed E-state index contributed by atoms with van der Waals surface area (Å²) in [6, 6.07) is 81.1. The Morgan fingerprint density at radius 2 is 0.846 bits per heavy atom. The summed E-state index contributed by atoms with van der Waals surface area (Å²) in [5.74, 6) is 3.56. The summed E-state index contributed by atoms with van der Waals surface area (Å²) in [5, 5.41) is 14.0. The predicted octanol–water partition coefficient (Wildman–Crippen LogP) is 11.3. The van der Waals surface area contributed by atoms with Crippen LogP contribution in [-0.4, -0.2) is 58.1 Å². The summed E-state index contributed by atoms with van der Waals surface area (Å²) in [5.41, 5.74) is 12.6. The van der Waals surface area contributed by atoms with E-state index >= 15 is 0 Å². The maximum absolute atomic E-state index is 5.50. The Labute approximate surface area is 466 Å². The van der Waals surface area contributed by atoms with E-state index in [1.807, 2.05) is 143 Å². The van der Waals surface area contributed by atoms with Crippen LogP contribution in [0.1, 0.15) is 0 Å². The summed E-state index contributed by atoms with van der Waals surface area (Å²) < 4.78 is 30.2. The minimum absolute atomic E-state index is 0. The minimum Gasteiger partial charge on any atom is -0.523 e. The van der Waals surface area contributed by atoms with Gasteiger partial charge < -0.3 is 33.2 Å². The van der Waals surface area contributed by atoms with E-state index < -0.39 is 0 Å². The van der Waals surface area contributed by atoms with Crippen LogP contribution in [0.5, 0.6) is 23.0 Å². The monoisotopic (exact) mass is 1200 g/mol. The molecule has 0 saturated heterocycles. The first kappa shape index (κ1) is 53.1. The van der Waals surface area contributed by atoms with Crippen molar-refractivity contribution in [3.8, 4) is 102 Å². The summed E-state index contributed by atoms with van der Waals surface area (Å²) in [6.45, 7) is 0. The van der Waals surface area contributed by atoms with E-state index in [0.29, 0.717) is 11.5 Å². The topological polar surface area (TPSA) is 120 Å². The van der Waals surface area contributed by atoms with Crippen LogP contribution < -0.4 is 33.2 Å². The third kappa shape index (κ3) is 12.0. The number of methoxy groups -OCH3 is 4. The van der Waals surface area contributed by atoms with Crippen LogP contribution in [0.15, 0.2) is 231 Å². The van der Waals surface area contributed by atoms with Crippen LogP contribution in [0.3, 0.4) is 0 Å². The van der Waals surface area contributed by atoms with E-state index in [0.717, 1.165) is 90.8 Å². The Kier molecular flexibility index (Phi) is 17.5. The van der Waals surface area contributed by atoms with Crippen molar-refractivity contribution in [1.82, 2.24) is 34.7 Å². The average molecular weight is 1200 g/mol. The van der Waals surface area contributed by atoms with Gasteiger partial charge in [0.1, 0.15) is 11.5 Å². The second-order valence-corrected chi connectivity index (χ2v) is 16.9. The number of pyridine rings is 1. The average Bonchev–Trinajstić information content (AvgIpc) is 4.38. The van der Waals surface area contributed by atoms with Crippen molar-refractivity contribution < 1.29 is 48.2 Å². The first-order valence-corrected chi connectivity index (χ1v) is 24.5. The number of imidazole rings is 2. The number of rotatable bonds is 13. The normalized spacial score (nSPS) is 10.5. The summed E-state index contributed by atoms with van der Waals surface area (Å²) in [4.78, 5) is 4.02. The van der Waals surface area contributed by atoms with Gasteiger partial charge in [0.25, 0.3) is 12.7 Å². The number of aromatic nitrogens is 9. The predicted molar refractivity (Wildman–Crippen MR) is 294 cm³/mol. The van der Waals surface area contributed by atoms with Crippen molar-refractivity contribution in [3.05, 3.63) is 255 Å². The van der Waals surface area contributed by atoms with Gasteiger partial charge in [0, 0.05) is 37.8 Å². The van der Waals surface area contributed by atoms with Crippen LogP contribution in [0.4, 0.5) is 0 Å². The zero-order valence-corrected chi connectivity index (χ0v) is 45.3. The SMILES string of the molecule is COc1cc[c-]c(-n2[c-][n+](-c3cccc(OC)c3)c(-c3ccccc3)c2-c2ccccc2)c1.COc1cc[c-]c(-n2[c-][n+](-c3cccc(OC)c3)c(-c3ccccc3)c2-c2ccccc2)c1.[Ir].c1ccc(-c2nnn[n-]2)nc1. The number of ether oxygens (including phenoxy) is 4. The molecule has 12 aromatic rings. The Balaban J connectivity index is 0.000000157. The van der Waals surface area contributed by atoms with E-state index in [9.17, 15) is 0 Å². The van der Waals surface area contributed by atoms with Gasteiger partial charge in [0.05, 0.1) is 74.1 Å². The van der Waals surface area contributed by atoms with Crippen LogP contribution in [-0.2, 0) is 20.1 Å². The van der Waals surface area contributed by atoms with Crippen LogP contribution in [0, 0.1) is 24.8 Å². The Morgan fingerprint density at radius 1 is 0.436 bits per heavy atom. The molecule has 8 aromatic carbocycles. The fourth-order valence-electron chi connectivity index (χ4n) is 8.61. The fraction of sp³-hybridized carbons (Fsp3) is 0.0625. The van der Waals surface area contributed by atoms with Gasteiger partial charge in [-0.15, -0.1) is 24.3 Å². The quantitative estimate of drug-likeness (QED) is 0.0821. The van der Waals surface area contributed by atoms with Crippen molar-refractivity contribution in [1.29, 1.82) is 0 Å². The van der Waals surface area contributed by atoms with Crippen LogP contribution >= 0.6 is 0 Å². The van der Waals surface area contributed by atoms with Crippen LogP contribution in [0.2, 0.25) is 0 Å². The smallest absolute Gasteiger partial charge is 0.268 e. The van der Waals surface area contributed by atoms with E-state index in [-0.39, 0.29) is 20.1 Å². The number of tetrazole rings is 1.